The quantitative estimate of drug-likeness (QED) is 0.849. The van der Waals surface area contributed by atoms with E-state index in [1.54, 1.807) is 6.26 Å². The molecular weight excluding hydrogens is 270 g/mol. The summed E-state index contributed by atoms with van der Waals surface area (Å²) in [6.45, 7) is 3.25. The molecule has 1 saturated heterocycles. The molecule has 0 spiro atoms. The van der Waals surface area contributed by atoms with Gasteiger partial charge in [0.1, 0.15) is 17.8 Å². The predicted molar refractivity (Wildman–Crippen MR) is 79.6 cm³/mol. The van der Waals surface area contributed by atoms with E-state index in [9.17, 15) is 0 Å². The zero-order valence-electron chi connectivity index (χ0n) is 11.1. The molecule has 4 rings (SSSR count). The fraction of sp³-hybridized carbons (Fsp3) is 0.333. The van der Waals surface area contributed by atoms with Crippen LogP contribution < -0.4 is 0 Å². The van der Waals surface area contributed by atoms with E-state index in [1.165, 1.54) is 0 Å². The zero-order valence-corrected chi connectivity index (χ0v) is 12.0. The van der Waals surface area contributed by atoms with E-state index in [-0.39, 0.29) is 12.1 Å². The SMILES string of the molecule is C[C@H]1CN2C(=N[C@H](c3ccccn3)[C@@H]2c2ccco2)S1. The van der Waals surface area contributed by atoms with E-state index in [1.807, 2.05) is 48.3 Å². The second kappa shape index (κ2) is 4.66. The Balaban J connectivity index is 1.77. The molecule has 0 aromatic carbocycles. The smallest absolute Gasteiger partial charge is 0.161 e. The van der Waals surface area contributed by atoms with Crippen LogP contribution in [-0.2, 0) is 0 Å². The molecule has 0 unspecified atom stereocenters. The number of rotatable bonds is 2. The van der Waals surface area contributed by atoms with Gasteiger partial charge in [-0.1, -0.05) is 24.8 Å². The van der Waals surface area contributed by atoms with Crippen molar-refractivity contribution in [3.05, 3.63) is 54.2 Å². The third-order valence-electron chi connectivity index (χ3n) is 3.72. The number of furan rings is 1. The highest BCUT2D eigenvalue weighted by Gasteiger charge is 2.44. The van der Waals surface area contributed by atoms with Gasteiger partial charge in [0.25, 0.3) is 0 Å². The summed E-state index contributed by atoms with van der Waals surface area (Å²) >= 11 is 1.84. The number of aliphatic imine (C=N–C) groups is 1. The molecule has 0 aliphatic carbocycles. The van der Waals surface area contributed by atoms with Gasteiger partial charge in [-0.2, -0.15) is 0 Å². The molecular formula is C15H15N3OS. The van der Waals surface area contributed by atoms with E-state index in [4.69, 9.17) is 9.41 Å². The number of hydrogen-bond donors (Lipinski definition) is 0. The van der Waals surface area contributed by atoms with Crippen molar-refractivity contribution in [3.63, 3.8) is 0 Å². The fourth-order valence-electron chi connectivity index (χ4n) is 2.88. The van der Waals surface area contributed by atoms with E-state index >= 15 is 0 Å². The van der Waals surface area contributed by atoms with Crippen molar-refractivity contribution in [1.82, 2.24) is 9.88 Å². The summed E-state index contributed by atoms with van der Waals surface area (Å²) in [6, 6.07) is 10.1. The van der Waals surface area contributed by atoms with Gasteiger partial charge >= 0.3 is 0 Å². The molecule has 20 heavy (non-hydrogen) atoms. The highest BCUT2D eigenvalue weighted by Crippen LogP contribution is 2.47. The van der Waals surface area contributed by atoms with Crippen LogP contribution in [0.15, 0.2) is 52.2 Å². The van der Waals surface area contributed by atoms with Crippen molar-refractivity contribution < 1.29 is 4.42 Å². The van der Waals surface area contributed by atoms with Gasteiger partial charge in [-0.05, 0) is 24.3 Å². The molecule has 0 saturated carbocycles. The van der Waals surface area contributed by atoms with Gasteiger partial charge in [-0.3, -0.25) is 4.98 Å². The Labute approximate surface area is 121 Å². The van der Waals surface area contributed by atoms with Gasteiger partial charge in [0.15, 0.2) is 5.17 Å². The maximum absolute atomic E-state index is 5.66. The van der Waals surface area contributed by atoms with E-state index in [0.29, 0.717) is 5.25 Å². The predicted octanol–water partition coefficient (Wildman–Crippen LogP) is 3.26. The van der Waals surface area contributed by atoms with E-state index in [0.717, 1.165) is 23.2 Å². The van der Waals surface area contributed by atoms with Crippen LogP contribution in [-0.4, -0.2) is 26.8 Å². The fourth-order valence-corrected chi connectivity index (χ4v) is 3.98. The van der Waals surface area contributed by atoms with Crippen LogP contribution in [0.3, 0.4) is 0 Å². The lowest BCUT2D eigenvalue weighted by atomic mass is 10.0. The molecule has 2 aliphatic heterocycles. The Hall–Kier alpha value is -1.75. The first-order valence-corrected chi connectivity index (χ1v) is 7.66. The molecule has 3 atom stereocenters. The van der Waals surface area contributed by atoms with Crippen LogP contribution in [0.2, 0.25) is 0 Å². The Bertz CT molecular complexity index is 626. The molecule has 4 nitrogen and oxygen atoms in total. The highest BCUT2D eigenvalue weighted by atomic mass is 32.2. The molecule has 0 radical (unpaired) electrons. The van der Waals surface area contributed by atoms with Crippen molar-refractivity contribution in [1.29, 1.82) is 0 Å². The number of pyridine rings is 1. The largest absolute Gasteiger partial charge is 0.467 e. The molecule has 1 fully saturated rings. The van der Waals surface area contributed by atoms with Crippen LogP contribution >= 0.6 is 11.8 Å². The van der Waals surface area contributed by atoms with Crippen LogP contribution in [0, 0.1) is 0 Å². The van der Waals surface area contributed by atoms with Gasteiger partial charge in [-0.15, -0.1) is 0 Å². The van der Waals surface area contributed by atoms with Gasteiger partial charge in [-0.25, -0.2) is 4.99 Å². The normalized spacial score (nSPS) is 28.6. The Morgan fingerprint density at radius 1 is 1.30 bits per heavy atom. The third-order valence-corrected chi connectivity index (χ3v) is 4.82. The monoisotopic (exact) mass is 285 g/mol. The van der Waals surface area contributed by atoms with Crippen molar-refractivity contribution in [2.45, 2.75) is 24.3 Å². The molecule has 0 amide bonds. The minimum atomic E-state index is 0.0253. The molecule has 4 heterocycles. The first-order valence-electron chi connectivity index (χ1n) is 6.78. The average molecular weight is 285 g/mol. The molecule has 0 N–H and O–H groups in total. The zero-order chi connectivity index (χ0) is 13.5. The number of nitrogens with zero attached hydrogens (tertiary/aromatic N) is 3. The number of aromatic nitrogens is 1. The second-order valence-corrected chi connectivity index (χ2v) is 6.56. The number of fused-ring (bicyclic) bond motifs is 1. The molecule has 0 bridgehead atoms. The lowest BCUT2D eigenvalue weighted by molar-refractivity contribution is 0.275. The maximum Gasteiger partial charge on any atom is 0.161 e. The van der Waals surface area contributed by atoms with Crippen LogP contribution in [0.4, 0.5) is 0 Å². The lowest BCUT2D eigenvalue weighted by Gasteiger charge is -2.24. The topological polar surface area (TPSA) is 41.6 Å². The van der Waals surface area contributed by atoms with Crippen LogP contribution in [0.25, 0.3) is 0 Å². The summed E-state index contributed by atoms with van der Waals surface area (Å²) in [7, 11) is 0. The van der Waals surface area contributed by atoms with Gasteiger partial charge in [0.05, 0.1) is 12.0 Å². The standard InChI is InChI=1S/C15H15N3OS/c1-10-9-18-14(12-6-4-8-19-12)13(17-15(18)20-10)11-5-2-3-7-16-11/h2-8,10,13-14H,9H2,1H3/t10-,13+,14-/m0/s1. The number of amidine groups is 1. The lowest BCUT2D eigenvalue weighted by Crippen LogP contribution is -2.28. The Kier molecular flexibility index (Phi) is 2.80. The maximum atomic E-state index is 5.66. The summed E-state index contributed by atoms with van der Waals surface area (Å²) < 4.78 is 5.66. The summed E-state index contributed by atoms with van der Waals surface area (Å²) in [4.78, 5) is 11.7. The first kappa shape index (κ1) is 12.0. The Morgan fingerprint density at radius 3 is 3.00 bits per heavy atom. The van der Waals surface area contributed by atoms with Crippen molar-refractivity contribution in [2.75, 3.05) is 6.54 Å². The number of thioether (sulfide) groups is 1. The Morgan fingerprint density at radius 2 is 2.25 bits per heavy atom. The third kappa shape index (κ3) is 1.85. The summed E-state index contributed by atoms with van der Waals surface area (Å²) in [6.07, 6.45) is 3.56. The molecule has 5 heteroatoms. The number of hydrogen-bond acceptors (Lipinski definition) is 5. The van der Waals surface area contributed by atoms with Gasteiger partial charge < -0.3 is 9.32 Å². The van der Waals surface area contributed by atoms with Crippen molar-refractivity contribution in [2.24, 2.45) is 4.99 Å². The highest BCUT2D eigenvalue weighted by molar-refractivity contribution is 8.14. The first-order chi connectivity index (χ1) is 9.83. The van der Waals surface area contributed by atoms with Gasteiger partial charge in [0.2, 0.25) is 0 Å². The molecule has 2 aromatic heterocycles. The molecule has 2 aliphatic rings. The summed E-state index contributed by atoms with van der Waals surface area (Å²) in [5.74, 6) is 0.967. The summed E-state index contributed by atoms with van der Waals surface area (Å²) in [5, 5.41) is 1.70. The van der Waals surface area contributed by atoms with Crippen molar-refractivity contribution >= 4 is 16.9 Å². The molecule has 102 valence electrons. The van der Waals surface area contributed by atoms with Gasteiger partial charge in [0, 0.05) is 18.0 Å². The molecule has 2 aromatic rings. The minimum Gasteiger partial charge on any atom is -0.467 e. The average Bonchev–Trinajstić information content (AvgIpc) is 3.14. The minimum absolute atomic E-state index is 0.0253. The van der Waals surface area contributed by atoms with Crippen molar-refractivity contribution in [3.8, 4) is 0 Å². The van der Waals surface area contributed by atoms with Crippen LogP contribution in [0.1, 0.15) is 30.5 Å². The second-order valence-electron chi connectivity index (χ2n) is 5.15. The summed E-state index contributed by atoms with van der Waals surface area (Å²) in [5.41, 5.74) is 1.00. The van der Waals surface area contributed by atoms with Crippen LogP contribution in [0.5, 0.6) is 0 Å². The van der Waals surface area contributed by atoms with E-state index in [2.05, 4.69) is 16.8 Å². The van der Waals surface area contributed by atoms with E-state index < -0.39 is 0 Å².